The molecule has 0 fully saturated rings. The molecular formula is C25H22F3NO4. The second-order valence-corrected chi connectivity index (χ2v) is 7.25. The first-order valence-corrected chi connectivity index (χ1v) is 10.1. The summed E-state index contributed by atoms with van der Waals surface area (Å²) in [5.74, 6) is -0.955. The summed E-state index contributed by atoms with van der Waals surface area (Å²) in [6.45, 7) is 0.358. The van der Waals surface area contributed by atoms with Crippen molar-refractivity contribution in [2.75, 3.05) is 7.11 Å². The van der Waals surface area contributed by atoms with Crippen LogP contribution in [0.2, 0.25) is 0 Å². The Balaban J connectivity index is 1.71. The van der Waals surface area contributed by atoms with Crippen LogP contribution in [0.1, 0.15) is 27.0 Å². The number of carbonyl (C=O) groups is 2. The lowest BCUT2D eigenvalue weighted by molar-refractivity contribution is -0.143. The number of benzene rings is 3. The van der Waals surface area contributed by atoms with E-state index in [1.807, 2.05) is 30.3 Å². The molecule has 0 bridgehead atoms. The highest BCUT2D eigenvalue weighted by Gasteiger charge is 2.31. The highest BCUT2D eigenvalue weighted by molar-refractivity contribution is 5.97. The highest BCUT2D eigenvalue weighted by Crippen LogP contribution is 2.29. The molecule has 0 aliphatic rings. The van der Waals surface area contributed by atoms with E-state index in [-0.39, 0.29) is 12.0 Å². The van der Waals surface area contributed by atoms with Crippen LogP contribution in [-0.4, -0.2) is 25.0 Å². The van der Waals surface area contributed by atoms with Crippen LogP contribution in [0.5, 0.6) is 5.75 Å². The van der Waals surface area contributed by atoms with Crippen LogP contribution in [0, 0.1) is 0 Å². The summed E-state index contributed by atoms with van der Waals surface area (Å²) >= 11 is 0. The first-order valence-electron chi connectivity index (χ1n) is 10.1. The fourth-order valence-electron chi connectivity index (χ4n) is 3.15. The Hall–Kier alpha value is -3.81. The largest absolute Gasteiger partial charge is 0.489 e. The van der Waals surface area contributed by atoms with Crippen molar-refractivity contribution >= 4 is 11.9 Å². The van der Waals surface area contributed by atoms with E-state index in [1.54, 1.807) is 24.3 Å². The molecule has 0 spiro atoms. The van der Waals surface area contributed by atoms with Crippen molar-refractivity contribution in [3.05, 3.63) is 101 Å². The molecule has 0 unspecified atom stereocenters. The van der Waals surface area contributed by atoms with Gasteiger partial charge in [-0.15, -0.1) is 0 Å². The summed E-state index contributed by atoms with van der Waals surface area (Å²) in [5.41, 5.74) is 0.510. The van der Waals surface area contributed by atoms with Crippen LogP contribution >= 0.6 is 0 Å². The van der Waals surface area contributed by atoms with E-state index >= 15 is 0 Å². The van der Waals surface area contributed by atoms with E-state index in [0.717, 1.165) is 23.8 Å². The number of rotatable bonds is 8. The molecule has 172 valence electrons. The molecule has 3 aromatic rings. The first kappa shape index (κ1) is 23.8. The molecule has 0 aliphatic carbocycles. The zero-order chi connectivity index (χ0) is 23.8. The molecule has 5 nitrogen and oxygen atoms in total. The van der Waals surface area contributed by atoms with Crippen LogP contribution < -0.4 is 10.1 Å². The molecular weight excluding hydrogens is 435 g/mol. The van der Waals surface area contributed by atoms with Crippen LogP contribution in [0.4, 0.5) is 13.2 Å². The number of amides is 1. The first-order chi connectivity index (χ1) is 15.8. The number of carbonyl (C=O) groups excluding carboxylic acids is 2. The number of ether oxygens (including phenoxy) is 2. The third-order valence-corrected chi connectivity index (χ3v) is 4.83. The van der Waals surface area contributed by atoms with Crippen molar-refractivity contribution in [1.29, 1.82) is 0 Å². The van der Waals surface area contributed by atoms with Crippen LogP contribution in [0.3, 0.4) is 0 Å². The predicted molar refractivity (Wildman–Crippen MR) is 116 cm³/mol. The molecule has 0 saturated heterocycles. The van der Waals surface area contributed by atoms with Crippen molar-refractivity contribution in [3.63, 3.8) is 0 Å². The molecule has 1 atom stereocenters. The summed E-state index contributed by atoms with van der Waals surface area (Å²) < 4.78 is 49.4. The maximum absolute atomic E-state index is 13.0. The number of alkyl halides is 3. The summed E-state index contributed by atoms with van der Waals surface area (Å²) in [4.78, 5) is 24.8. The second-order valence-electron chi connectivity index (χ2n) is 7.25. The van der Waals surface area contributed by atoms with Crippen LogP contribution in [0.25, 0.3) is 0 Å². The molecule has 1 N–H and O–H groups in total. The van der Waals surface area contributed by atoms with Gasteiger partial charge in [-0.2, -0.15) is 13.2 Å². The van der Waals surface area contributed by atoms with E-state index in [0.29, 0.717) is 17.9 Å². The molecule has 1 amide bonds. The smallest absolute Gasteiger partial charge is 0.416 e. The maximum Gasteiger partial charge on any atom is 0.416 e. The van der Waals surface area contributed by atoms with Gasteiger partial charge in [0.05, 0.1) is 12.7 Å². The number of nitrogens with one attached hydrogen (secondary N) is 1. The fraction of sp³-hybridized carbons (Fsp3) is 0.200. The second kappa shape index (κ2) is 10.7. The number of esters is 1. The minimum Gasteiger partial charge on any atom is -0.489 e. The van der Waals surface area contributed by atoms with Crippen molar-refractivity contribution in [3.8, 4) is 5.75 Å². The molecule has 3 rings (SSSR count). The lowest BCUT2D eigenvalue weighted by atomic mass is 10.0. The van der Waals surface area contributed by atoms with Crippen LogP contribution in [-0.2, 0) is 28.7 Å². The predicted octanol–water partition coefficient (Wildman–Crippen LogP) is 4.80. The number of hydrogen-bond donors (Lipinski definition) is 1. The number of hydrogen-bond acceptors (Lipinski definition) is 4. The van der Waals surface area contributed by atoms with Crippen molar-refractivity contribution in [1.82, 2.24) is 5.32 Å². The van der Waals surface area contributed by atoms with Crippen LogP contribution in [0.15, 0.2) is 78.9 Å². The van der Waals surface area contributed by atoms with Crippen molar-refractivity contribution in [2.24, 2.45) is 0 Å². The van der Waals surface area contributed by atoms with E-state index in [4.69, 9.17) is 9.47 Å². The van der Waals surface area contributed by atoms with Crippen molar-refractivity contribution < 1.29 is 32.2 Å². The van der Waals surface area contributed by atoms with E-state index in [2.05, 4.69) is 5.32 Å². The third-order valence-electron chi connectivity index (χ3n) is 4.83. The average molecular weight is 457 g/mol. The van der Waals surface area contributed by atoms with Gasteiger partial charge in [0.25, 0.3) is 5.91 Å². The quantitative estimate of drug-likeness (QED) is 0.494. The molecule has 0 aromatic heterocycles. The van der Waals surface area contributed by atoms with E-state index in [9.17, 15) is 22.8 Å². The summed E-state index contributed by atoms with van der Waals surface area (Å²) in [7, 11) is 1.17. The van der Waals surface area contributed by atoms with Gasteiger partial charge in [-0.1, -0.05) is 48.5 Å². The average Bonchev–Trinajstić information content (AvgIpc) is 2.82. The summed E-state index contributed by atoms with van der Waals surface area (Å²) in [6.07, 6.45) is -4.52. The Morgan fingerprint density at radius 1 is 0.909 bits per heavy atom. The Morgan fingerprint density at radius 2 is 1.61 bits per heavy atom. The zero-order valence-electron chi connectivity index (χ0n) is 17.8. The molecule has 0 heterocycles. The SMILES string of the molecule is COC(=O)[C@H](Cc1cccc(OCc2ccccc2)c1)NC(=O)c1cccc(C(F)(F)F)c1. The van der Waals surface area contributed by atoms with Crippen molar-refractivity contribution in [2.45, 2.75) is 25.2 Å². The summed E-state index contributed by atoms with van der Waals surface area (Å²) in [5, 5.41) is 2.47. The van der Waals surface area contributed by atoms with Gasteiger partial charge in [-0.05, 0) is 41.5 Å². The lowest BCUT2D eigenvalue weighted by Crippen LogP contribution is -2.43. The Kier molecular flexibility index (Phi) is 7.71. The maximum atomic E-state index is 13.0. The normalized spacial score (nSPS) is 12.0. The van der Waals surface area contributed by atoms with Gasteiger partial charge in [0.2, 0.25) is 0 Å². The lowest BCUT2D eigenvalue weighted by Gasteiger charge is -2.18. The molecule has 33 heavy (non-hydrogen) atoms. The van der Waals surface area contributed by atoms with Gasteiger partial charge in [-0.25, -0.2) is 4.79 Å². The van der Waals surface area contributed by atoms with E-state index in [1.165, 1.54) is 13.2 Å². The minimum atomic E-state index is -4.59. The van der Waals surface area contributed by atoms with Gasteiger partial charge in [0.1, 0.15) is 18.4 Å². The van der Waals surface area contributed by atoms with E-state index < -0.39 is 29.7 Å². The van der Waals surface area contributed by atoms with Gasteiger partial charge in [0.15, 0.2) is 0 Å². The Labute approximate surface area is 189 Å². The fourth-order valence-corrected chi connectivity index (χ4v) is 3.15. The monoisotopic (exact) mass is 457 g/mol. The summed E-state index contributed by atoms with van der Waals surface area (Å²) in [6, 6.07) is 19.5. The molecule has 0 aliphatic heterocycles. The van der Waals surface area contributed by atoms with Gasteiger partial charge < -0.3 is 14.8 Å². The standard InChI is InChI=1S/C25H22F3NO4/c1-32-24(31)22(29-23(30)19-10-6-11-20(15-19)25(26,27)28)14-18-9-5-12-21(13-18)33-16-17-7-3-2-4-8-17/h2-13,15,22H,14,16H2,1H3,(H,29,30)/t22-/m0/s1. The topological polar surface area (TPSA) is 64.6 Å². The molecule has 0 saturated carbocycles. The third kappa shape index (κ3) is 6.83. The highest BCUT2D eigenvalue weighted by atomic mass is 19.4. The Morgan fingerprint density at radius 3 is 2.30 bits per heavy atom. The minimum absolute atomic E-state index is 0.0694. The Bertz CT molecular complexity index is 1100. The zero-order valence-corrected chi connectivity index (χ0v) is 17.8. The molecule has 3 aromatic carbocycles. The molecule has 8 heteroatoms. The molecule has 0 radical (unpaired) electrons. The number of halogens is 3. The van der Waals surface area contributed by atoms with Gasteiger partial charge in [-0.3, -0.25) is 4.79 Å². The van der Waals surface area contributed by atoms with Gasteiger partial charge in [0, 0.05) is 12.0 Å². The van der Waals surface area contributed by atoms with Gasteiger partial charge >= 0.3 is 12.1 Å². The number of methoxy groups -OCH3 is 1.